The van der Waals surface area contributed by atoms with Crippen LogP contribution in [0.4, 0.5) is 8.78 Å². The third-order valence-electron chi connectivity index (χ3n) is 2.09. The predicted molar refractivity (Wildman–Crippen MR) is 63.8 cm³/mol. The van der Waals surface area contributed by atoms with E-state index in [-0.39, 0.29) is 23.4 Å². The first kappa shape index (κ1) is 14.8. The van der Waals surface area contributed by atoms with E-state index in [4.69, 9.17) is 9.47 Å². The number of hydrogen-bond acceptors (Lipinski definition) is 4. The predicted octanol–water partition coefficient (Wildman–Crippen LogP) is 2.90. The van der Waals surface area contributed by atoms with Gasteiger partial charge in [-0.1, -0.05) is 0 Å². The minimum Gasteiger partial charge on any atom is -0.481 e. The molecule has 0 aromatic carbocycles. The molecule has 0 saturated heterocycles. The van der Waals surface area contributed by atoms with Crippen LogP contribution in [-0.4, -0.2) is 24.7 Å². The first-order valence-corrected chi connectivity index (χ1v) is 5.96. The van der Waals surface area contributed by atoms with Crippen molar-refractivity contribution < 1.29 is 23.0 Å². The monoisotopic (exact) mass is 323 g/mol. The minimum atomic E-state index is -2.75. The highest BCUT2D eigenvalue weighted by Gasteiger charge is 2.20. The molecule has 1 aromatic heterocycles. The highest BCUT2D eigenvalue weighted by molar-refractivity contribution is 9.10. The molecule has 0 bridgehead atoms. The lowest BCUT2D eigenvalue weighted by atomic mass is 10.1. The lowest BCUT2D eigenvalue weighted by molar-refractivity contribution is -0.142. The van der Waals surface area contributed by atoms with Gasteiger partial charge in [-0.15, -0.1) is 0 Å². The zero-order valence-corrected chi connectivity index (χ0v) is 11.5. The van der Waals surface area contributed by atoms with Gasteiger partial charge in [0.25, 0.3) is 6.43 Å². The van der Waals surface area contributed by atoms with Crippen LogP contribution in [0.25, 0.3) is 0 Å². The van der Waals surface area contributed by atoms with Crippen molar-refractivity contribution in [3.05, 3.63) is 21.8 Å². The van der Waals surface area contributed by atoms with Crippen molar-refractivity contribution in [1.82, 2.24) is 4.98 Å². The molecule has 0 unspecified atom stereocenters. The summed E-state index contributed by atoms with van der Waals surface area (Å²) < 4.78 is 35.2. The molecule has 100 valence electrons. The van der Waals surface area contributed by atoms with Crippen LogP contribution >= 0.6 is 15.9 Å². The smallest absolute Gasteiger partial charge is 0.310 e. The molecule has 0 radical (unpaired) electrons. The average molecular weight is 324 g/mol. The van der Waals surface area contributed by atoms with E-state index in [0.717, 1.165) is 0 Å². The van der Waals surface area contributed by atoms with Gasteiger partial charge >= 0.3 is 5.97 Å². The molecule has 0 amide bonds. The van der Waals surface area contributed by atoms with E-state index >= 15 is 0 Å². The van der Waals surface area contributed by atoms with Gasteiger partial charge in [0.15, 0.2) is 0 Å². The van der Waals surface area contributed by atoms with Gasteiger partial charge in [-0.3, -0.25) is 4.79 Å². The van der Waals surface area contributed by atoms with Crippen LogP contribution in [0.5, 0.6) is 5.88 Å². The molecule has 0 fully saturated rings. The maximum atomic E-state index is 12.7. The fourth-order valence-electron chi connectivity index (χ4n) is 1.32. The van der Waals surface area contributed by atoms with E-state index in [2.05, 4.69) is 20.9 Å². The van der Waals surface area contributed by atoms with E-state index < -0.39 is 18.1 Å². The SMILES string of the molecule is CCOC(=O)Cc1cc(OC)nc(C(F)F)c1Br. The number of pyridine rings is 1. The van der Waals surface area contributed by atoms with E-state index in [1.54, 1.807) is 6.92 Å². The molecule has 0 aliphatic heterocycles. The number of alkyl halides is 2. The average Bonchev–Trinajstić information content (AvgIpc) is 2.31. The molecule has 0 aliphatic carbocycles. The quantitative estimate of drug-likeness (QED) is 0.782. The Morgan fingerprint density at radius 2 is 2.22 bits per heavy atom. The number of rotatable bonds is 5. The maximum Gasteiger partial charge on any atom is 0.310 e. The number of methoxy groups -OCH3 is 1. The molecule has 0 atom stereocenters. The summed E-state index contributed by atoms with van der Waals surface area (Å²) in [4.78, 5) is 15.0. The topological polar surface area (TPSA) is 48.4 Å². The maximum absolute atomic E-state index is 12.7. The molecular formula is C11H12BrF2NO3. The summed E-state index contributed by atoms with van der Waals surface area (Å²) in [6.45, 7) is 1.91. The Kier molecular flexibility index (Phi) is 5.46. The Bertz CT molecular complexity index is 441. The van der Waals surface area contributed by atoms with Gasteiger partial charge in [0.2, 0.25) is 5.88 Å². The molecule has 1 heterocycles. The number of ether oxygens (including phenoxy) is 2. The zero-order valence-electron chi connectivity index (χ0n) is 9.87. The Morgan fingerprint density at radius 1 is 1.56 bits per heavy atom. The van der Waals surface area contributed by atoms with Crippen LogP contribution in [0.3, 0.4) is 0 Å². The fraction of sp³-hybridized carbons (Fsp3) is 0.455. The summed E-state index contributed by atoms with van der Waals surface area (Å²) in [6, 6.07) is 1.42. The summed E-state index contributed by atoms with van der Waals surface area (Å²) in [5, 5.41) is 0. The molecule has 0 aliphatic rings. The molecule has 0 saturated carbocycles. The molecular weight excluding hydrogens is 312 g/mol. The van der Waals surface area contributed by atoms with Crippen LogP contribution in [0.1, 0.15) is 24.6 Å². The van der Waals surface area contributed by atoms with Gasteiger partial charge in [-0.2, -0.15) is 0 Å². The van der Waals surface area contributed by atoms with Crippen molar-refractivity contribution in [1.29, 1.82) is 0 Å². The van der Waals surface area contributed by atoms with E-state index in [1.807, 2.05) is 0 Å². The molecule has 18 heavy (non-hydrogen) atoms. The second kappa shape index (κ2) is 6.63. The third kappa shape index (κ3) is 3.63. The van der Waals surface area contributed by atoms with Gasteiger partial charge in [0, 0.05) is 10.5 Å². The third-order valence-corrected chi connectivity index (χ3v) is 3.01. The van der Waals surface area contributed by atoms with E-state index in [0.29, 0.717) is 5.56 Å². The molecule has 4 nitrogen and oxygen atoms in total. The number of hydrogen-bond donors (Lipinski definition) is 0. The van der Waals surface area contributed by atoms with Crippen LogP contribution < -0.4 is 4.74 Å². The zero-order chi connectivity index (χ0) is 13.7. The number of aromatic nitrogens is 1. The van der Waals surface area contributed by atoms with Crippen LogP contribution in [-0.2, 0) is 16.0 Å². The molecule has 0 spiro atoms. The standard InChI is InChI=1S/C11H12BrF2NO3/c1-3-18-8(16)5-6-4-7(17-2)15-10(9(6)12)11(13)14/h4,11H,3,5H2,1-2H3. The highest BCUT2D eigenvalue weighted by Crippen LogP contribution is 2.31. The van der Waals surface area contributed by atoms with Crippen molar-refractivity contribution in [2.75, 3.05) is 13.7 Å². The van der Waals surface area contributed by atoms with E-state index in [1.165, 1.54) is 13.2 Å². The van der Waals surface area contributed by atoms with Crippen molar-refractivity contribution in [3.8, 4) is 5.88 Å². The fourth-order valence-corrected chi connectivity index (χ4v) is 1.84. The van der Waals surface area contributed by atoms with Gasteiger partial charge in [-0.05, 0) is 28.4 Å². The highest BCUT2D eigenvalue weighted by atomic mass is 79.9. The Balaban J connectivity index is 3.09. The number of nitrogens with zero attached hydrogens (tertiary/aromatic N) is 1. The van der Waals surface area contributed by atoms with Crippen molar-refractivity contribution in [2.24, 2.45) is 0 Å². The lowest BCUT2D eigenvalue weighted by Gasteiger charge is -2.10. The van der Waals surface area contributed by atoms with Crippen LogP contribution in [0.2, 0.25) is 0 Å². The first-order valence-electron chi connectivity index (χ1n) is 5.16. The second-order valence-electron chi connectivity index (χ2n) is 3.31. The number of carbonyl (C=O) groups excluding carboxylic acids is 1. The number of carbonyl (C=O) groups is 1. The van der Waals surface area contributed by atoms with Gasteiger partial charge in [0.05, 0.1) is 20.1 Å². The van der Waals surface area contributed by atoms with Crippen molar-refractivity contribution in [2.45, 2.75) is 19.8 Å². The van der Waals surface area contributed by atoms with Gasteiger partial charge < -0.3 is 9.47 Å². The normalized spacial score (nSPS) is 10.6. The number of esters is 1. The first-order chi connectivity index (χ1) is 8.49. The van der Waals surface area contributed by atoms with Crippen molar-refractivity contribution >= 4 is 21.9 Å². The van der Waals surface area contributed by atoms with Crippen LogP contribution in [0.15, 0.2) is 10.5 Å². The summed E-state index contributed by atoms with van der Waals surface area (Å²) in [6.07, 6.45) is -2.87. The number of halogens is 3. The lowest BCUT2D eigenvalue weighted by Crippen LogP contribution is -2.10. The minimum absolute atomic E-state index is 0.0350. The van der Waals surface area contributed by atoms with Crippen molar-refractivity contribution in [3.63, 3.8) is 0 Å². The Morgan fingerprint density at radius 3 is 2.72 bits per heavy atom. The summed E-state index contributed by atoms with van der Waals surface area (Å²) >= 11 is 3.02. The summed E-state index contributed by atoms with van der Waals surface area (Å²) in [5.41, 5.74) is -0.0933. The second-order valence-corrected chi connectivity index (χ2v) is 4.10. The largest absolute Gasteiger partial charge is 0.481 e. The molecule has 1 rings (SSSR count). The molecule has 7 heteroatoms. The van der Waals surface area contributed by atoms with E-state index in [9.17, 15) is 13.6 Å². The van der Waals surface area contributed by atoms with Crippen LogP contribution in [0, 0.1) is 0 Å². The van der Waals surface area contributed by atoms with Gasteiger partial charge in [0.1, 0.15) is 5.69 Å². The Hall–Kier alpha value is -1.24. The summed E-state index contributed by atoms with van der Waals surface area (Å²) in [7, 11) is 1.32. The molecule has 1 aromatic rings. The van der Waals surface area contributed by atoms with Gasteiger partial charge in [-0.25, -0.2) is 13.8 Å². The Labute approximate surface area is 111 Å². The molecule has 0 N–H and O–H groups in total. The summed E-state index contributed by atoms with van der Waals surface area (Å²) in [5.74, 6) is -0.459.